The minimum absolute atomic E-state index is 0.0732. The summed E-state index contributed by atoms with van der Waals surface area (Å²) < 4.78 is 0. The van der Waals surface area contributed by atoms with Gasteiger partial charge in [-0.15, -0.1) is 0 Å². The third-order valence-electron chi connectivity index (χ3n) is 3.82. The molecule has 0 bridgehead atoms. The van der Waals surface area contributed by atoms with Crippen molar-refractivity contribution in [3.05, 3.63) is 57.8 Å². The summed E-state index contributed by atoms with van der Waals surface area (Å²) in [5.41, 5.74) is 2.08. The summed E-state index contributed by atoms with van der Waals surface area (Å²) >= 11 is 1.45. The molecular weight excluding hydrogens is 310 g/mol. The molecule has 116 valence electrons. The first-order chi connectivity index (χ1) is 11.2. The Bertz CT molecular complexity index is 764. The van der Waals surface area contributed by atoms with Crippen molar-refractivity contribution in [2.45, 2.75) is 19.0 Å². The van der Waals surface area contributed by atoms with Gasteiger partial charge in [0.2, 0.25) is 5.91 Å². The first-order valence-corrected chi connectivity index (χ1v) is 8.22. The van der Waals surface area contributed by atoms with E-state index in [9.17, 15) is 9.59 Å². The average molecular weight is 325 g/mol. The second-order valence-corrected chi connectivity index (χ2v) is 6.18. The quantitative estimate of drug-likeness (QED) is 0.936. The number of benzene rings is 1. The molecule has 1 aliphatic rings. The van der Waals surface area contributed by atoms with Crippen molar-refractivity contribution in [3.8, 4) is 6.07 Å². The molecule has 1 fully saturated rings. The maximum Gasteiger partial charge on any atom is 0.252 e. The fraction of sp³-hybridized carbons (Fsp3) is 0.235. The molecule has 1 N–H and O–H groups in total. The summed E-state index contributed by atoms with van der Waals surface area (Å²) in [5, 5.41) is 15.3. The molecule has 5 nitrogen and oxygen atoms in total. The zero-order valence-corrected chi connectivity index (χ0v) is 13.2. The van der Waals surface area contributed by atoms with Gasteiger partial charge in [-0.25, -0.2) is 0 Å². The lowest BCUT2D eigenvalue weighted by atomic mass is 10.1. The van der Waals surface area contributed by atoms with Crippen LogP contribution in [0.5, 0.6) is 0 Å². The van der Waals surface area contributed by atoms with Crippen molar-refractivity contribution < 1.29 is 9.59 Å². The van der Waals surface area contributed by atoms with E-state index in [2.05, 4.69) is 11.4 Å². The molecule has 1 saturated heterocycles. The molecular formula is C17H15N3O2S. The highest BCUT2D eigenvalue weighted by atomic mass is 32.1. The second kappa shape index (κ2) is 6.63. The number of nitriles is 1. The maximum atomic E-state index is 12.4. The largest absolute Gasteiger partial charge is 0.340 e. The van der Waals surface area contributed by atoms with Gasteiger partial charge in [-0.2, -0.15) is 16.6 Å². The van der Waals surface area contributed by atoms with Crippen molar-refractivity contribution in [1.29, 1.82) is 5.26 Å². The highest BCUT2D eigenvalue weighted by Gasteiger charge is 2.32. The van der Waals surface area contributed by atoms with Crippen LogP contribution in [-0.2, 0) is 11.3 Å². The monoisotopic (exact) mass is 325 g/mol. The summed E-state index contributed by atoms with van der Waals surface area (Å²) in [6.07, 6.45) is 0.604. The maximum absolute atomic E-state index is 12.4. The molecule has 0 unspecified atom stereocenters. The number of likely N-dealkylation sites (tertiary alicyclic amines) is 1. The van der Waals surface area contributed by atoms with Crippen molar-refractivity contribution in [1.82, 2.24) is 10.2 Å². The third kappa shape index (κ3) is 3.41. The number of thiophene rings is 1. The van der Waals surface area contributed by atoms with Crippen LogP contribution in [0.4, 0.5) is 0 Å². The van der Waals surface area contributed by atoms with E-state index in [1.54, 1.807) is 28.5 Å². The molecule has 3 rings (SSSR count). The lowest BCUT2D eigenvalue weighted by Crippen LogP contribution is -2.41. The van der Waals surface area contributed by atoms with Gasteiger partial charge in [0.25, 0.3) is 5.91 Å². The number of amides is 2. The topological polar surface area (TPSA) is 73.2 Å². The Labute approximate surface area is 138 Å². The van der Waals surface area contributed by atoms with Gasteiger partial charge in [-0.3, -0.25) is 9.59 Å². The molecule has 0 radical (unpaired) electrons. The summed E-state index contributed by atoms with van der Waals surface area (Å²) in [6.45, 7) is 1.06. The fourth-order valence-corrected chi connectivity index (χ4v) is 3.26. The molecule has 23 heavy (non-hydrogen) atoms. The van der Waals surface area contributed by atoms with E-state index < -0.39 is 6.04 Å². The Morgan fingerprint density at radius 3 is 3.04 bits per heavy atom. The van der Waals surface area contributed by atoms with Crippen LogP contribution < -0.4 is 5.32 Å². The first-order valence-electron chi connectivity index (χ1n) is 7.28. The van der Waals surface area contributed by atoms with E-state index in [4.69, 9.17) is 5.26 Å². The molecule has 0 spiro atoms. The Balaban J connectivity index is 1.62. The first kappa shape index (κ1) is 15.3. The average Bonchev–Trinajstić information content (AvgIpc) is 3.21. The molecule has 1 aromatic carbocycles. The predicted octanol–water partition coefficient (Wildman–Crippen LogP) is 2.15. The molecule has 0 saturated carbocycles. The van der Waals surface area contributed by atoms with Gasteiger partial charge >= 0.3 is 0 Å². The predicted molar refractivity (Wildman–Crippen MR) is 86.8 cm³/mol. The van der Waals surface area contributed by atoms with Crippen LogP contribution in [0, 0.1) is 11.3 Å². The van der Waals surface area contributed by atoms with E-state index in [0.29, 0.717) is 30.6 Å². The number of carbonyl (C=O) groups is 2. The van der Waals surface area contributed by atoms with Crippen LogP contribution in [-0.4, -0.2) is 29.3 Å². The van der Waals surface area contributed by atoms with Crippen molar-refractivity contribution in [2.75, 3.05) is 6.54 Å². The minimum atomic E-state index is -0.471. The van der Waals surface area contributed by atoms with Gasteiger partial charge in [-0.1, -0.05) is 12.1 Å². The Morgan fingerprint density at radius 1 is 1.43 bits per heavy atom. The molecule has 2 heterocycles. The van der Waals surface area contributed by atoms with Crippen molar-refractivity contribution in [3.63, 3.8) is 0 Å². The number of rotatable bonds is 4. The normalized spacial score (nSPS) is 17.1. The van der Waals surface area contributed by atoms with Gasteiger partial charge in [0.1, 0.15) is 6.04 Å². The molecule has 0 aliphatic carbocycles. The molecule has 1 atom stereocenters. The van der Waals surface area contributed by atoms with E-state index in [1.165, 1.54) is 11.3 Å². The van der Waals surface area contributed by atoms with Gasteiger partial charge in [0.05, 0.1) is 17.2 Å². The van der Waals surface area contributed by atoms with Crippen LogP contribution in [0.15, 0.2) is 41.1 Å². The van der Waals surface area contributed by atoms with Gasteiger partial charge in [0, 0.05) is 18.5 Å². The Kier molecular flexibility index (Phi) is 4.40. The van der Waals surface area contributed by atoms with Crippen LogP contribution >= 0.6 is 11.3 Å². The number of nitrogens with zero attached hydrogens (tertiary/aromatic N) is 2. The van der Waals surface area contributed by atoms with Crippen LogP contribution in [0.2, 0.25) is 0 Å². The van der Waals surface area contributed by atoms with E-state index >= 15 is 0 Å². The third-order valence-corrected chi connectivity index (χ3v) is 4.50. The SMILES string of the molecule is N#Cc1cccc(CN2CC[C@H](NC(=O)c3ccsc3)C2=O)c1. The number of carbonyl (C=O) groups excluding carboxylic acids is 2. The Morgan fingerprint density at radius 2 is 2.30 bits per heavy atom. The van der Waals surface area contributed by atoms with E-state index in [0.717, 1.165) is 5.56 Å². The number of nitrogens with one attached hydrogen (secondary N) is 1. The lowest BCUT2D eigenvalue weighted by molar-refractivity contribution is -0.129. The molecule has 1 aliphatic heterocycles. The van der Waals surface area contributed by atoms with E-state index in [-0.39, 0.29) is 11.8 Å². The van der Waals surface area contributed by atoms with Gasteiger partial charge in [0.15, 0.2) is 0 Å². The molecule has 1 aromatic heterocycles. The fourth-order valence-electron chi connectivity index (χ4n) is 2.62. The summed E-state index contributed by atoms with van der Waals surface area (Å²) in [7, 11) is 0. The second-order valence-electron chi connectivity index (χ2n) is 5.40. The zero-order chi connectivity index (χ0) is 16.2. The summed E-state index contributed by atoms with van der Waals surface area (Å²) in [5.74, 6) is -0.283. The molecule has 2 amide bonds. The highest BCUT2D eigenvalue weighted by Crippen LogP contribution is 2.17. The number of hydrogen-bond acceptors (Lipinski definition) is 4. The minimum Gasteiger partial charge on any atom is -0.340 e. The zero-order valence-electron chi connectivity index (χ0n) is 12.4. The highest BCUT2D eigenvalue weighted by molar-refractivity contribution is 7.08. The number of hydrogen-bond donors (Lipinski definition) is 1. The summed E-state index contributed by atoms with van der Waals surface area (Å²) in [4.78, 5) is 26.2. The smallest absolute Gasteiger partial charge is 0.252 e. The summed E-state index contributed by atoms with van der Waals surface area (Å²) in [6, 6.07) is 10.6. The van der Waals surface area contributed by atoms with Gasteiger partial charge in [-0.05, 0) is 35.6 Å². The molecule has 6 heteroatoms. The van der Waals surface area contributed by atoms with Crippen LogP contribution in [0.1, 0.15) is 27.9 Å². The van der Waals surface area contributed by atoms with Crippen LogP contribution in [0.3, 0.4) is 0 Å². The standard InChI is InChI=1S/C17H15N3O2S/c18-9-12-2-1-3-13(8-12)10-20-6-4-15(17(20)22)19-16(21)14-5-7-23-11-14/h1-3,5,7-8,11,15H,4,6,10H2,(H,19,21)/t15-/m0/s1. The lowest BCUT2D eigenvalue weighted by Gasteiger charge is -2.17. The molecule has 2 aromatic rings. The van der Waals surface area contributed by atoms with Crippen molar-refractivity contribution in [2.24, 2.45) is 0 Å². The van der Waals surface area contributed by atoms with Crippen molar-refractivity contribution >= 4 is 23.2 Å². The van der Waals surface area contributed by atoms with Crippen LogP contribution in [0.25, 0.3) is 0 Å². The Hall–Kier alpha value is -2.65. The van der Waals surface area contributed by atoms with E-state index in [1.807, 2.05) is 17.5 Å². The van der Waals surface area contributed by atoms with Gasteiger partial charge < -0.3 is 10.2 Å².